The average molecular weight is 249 g/mol. The van der Waals surface area contributed by atoms with Gasteiger partial charge in [0.2, 0.25) is 5.91 Å². The number of likely N-dealkylation sites (tertiary alicyclic amines) is 1. The zero-order valence-electron chi connectivity index (χ0n) is 10.6. The van der Waals surface area contributed by atoms with Crippen LogP contribution in [0.25, 0.3) is 0 Å². The monoisotopic (exact) mass is 249 g/mol. The van der Waals surface area contributed by atoms with Gasteiger partial charge in [0, 0.05) is 31.7 Å². The van der Waals surface area contributed by atoms with Crippen molar-refractivity contribution in [1.82, 2.24) is 4.90 Å². The Kier molecular flexibility index (Phi) is 4.20. The molecule has 0 aromatic heterocycles. The minimum Gasteiger partial charge on any atom is -0.508 e. The van der Waals surface area contributed by atoms with E-state index in [4.69, 9.17) is 4.74 Å². The summed E-state index contributed by atoms with van der Waals surface area (Å²) in [5.74, 6) is 0.719. The molecule has 4 nitrogen and oxygen atoms in total. The molecule has 0 spiro atoms. The fraction of sp³-hybridized carbons (Fsp3) is 0.500. The molecule has 1 saturated heterocycles. The number of methoxy groups -OCH3 is 1. The molecule has 0 bridgehead atoms. The number of phenolic OH excluding ortho intramolecular Hbond substituents is 1. The van der Waals surface area contributed by atoms with Gasteiger partial charge in [-0.3, -0.25) is 4.79 Å². The van der Waals surface area contributed by atoms with Crippen LogP contribution in [0.15, 0.2) is 24.3 Å². The second-order valence-corrected chi connectivity index (χ2v) is 4.76. The van der Waals surface area contributed by atoms with Gasteiger partial charge in [-0.1, -0.05) is 18.2 Å². The molecule has 0 saturated carbocycles. The number of carbonyl (C=O) groups excluding carboxylic acids is 1. The number of hydrogen-bond acceptors (Lipinski definition) is 3. The number of phenols is 1. The second-order valence-electron chi connectivity index (χ2n) is 4.76. The van der Waals surface area contributed by atoms with E-state index in [0.717, 1.165) is 19.5 Å². The highest BCUT2D eigenvalue weighted by Gasteiger charge is 2.26. The summed E-state index contributed by atoms with van der Waals surface area (Å²) in [4.78, 5) is 13.9. The topological polar surface area (TPSA) is 49.8 Å². The van der Waals surface area contributed by atoms with E-state index in [2.05, 4.69) is 0 Å². The average Bonchev–Trinajstić information content (AvgIpc) is 2.81. The molecule has 1 aliphatic heterocycles. The molecule has 1 aromatic rings. The third-order valence-electron chi connectivity index (χ3n) is 3.37. The summed E-state index contributed by atoms with van der Waals surface area (Å²) in [5, 5.41) is 9.65. The lowest BCUT2D eigenvalue weighted by atomic mass is 10.1. The van der Waals surface area contributed by atoms with Crippen molar-refractivity contribution < 1.29 is 14.6 Å². The lowest BCUT2D eigenvalue weighted by Gasteiger charge is -2.16. The first-order chi connectivity index (χ1) is 8.70. The third kappa shape index (κ3) is 3.01. The van der Waals surface area contributed by atoms with E-state index in [9.17, 15) is 9.90 Å². The lowest BCUT2D eigenvalue weighted by Crippen LogP contribution is -2.30. The maximum atomic E-state index is 12.1. The minimum absolute atomic E-state index is 0.0788. The van der Waals surface area contributed by atoms with Crippen LogP contribution >= 0.6 is 0 Å². The normalized spacial score (nSPS) is 19.2. The van der Waals surface area contributed by atoms with E-state index >= 15 is 0 Å². The smallest absolute Gasteiger partial charge is 0.227 e. The molecular formula is C14H19NO3. The second kappa shape index (κ2) is 5.87. The van der Waals surface area contributed by atoms with Gasteiger partial charge in [0.15, 0.2) is 0 Å². The van der Waals surface area contributed by atoms with Crippen molar-refractivity contribution in [2.45, 2.75) is 12.8 Å². The van der Waals surface area contributed by atoms with E-state index in [1.54, 1.807) is 25.3 Å². The van der Waals surface area contributed by atoms with Crippen LogP contribution in [-0.4, -0.2) is 42.7 Å². The number of rotatable bonds is 4. The predicted octanol–water partition coefficient (Wildman–Crippen LogP) is 1.43. The van der Waals surface area contributed by atoms with E-state index < -0.39 is 0 Å². The van der Waals surface area contributed by atoms with Gasteiger partial charge >= 0.3 is 0 Å². The number of benzene rings is 1. The van der Waals surface area contributed by atoms with E-state index in [1.165, 1.54) is 0 Å². The Hall–Kier alpha value is -1.55. The Labute approximate surface area is 107 Å². The Balaban J connectivity index is 1.91. The van der Waals surface area contributed by atoms with Gasteiger partial charge in [-0.25, -0.2) is 0 Å². The van der Waals surface area contributed by atoms with Gasteiger partial charge in [-0.05, 0) is 12.5 Å². The van der Waals surface area contributed by atoms with Crippen LogP contribution in [0, 0.1) is 5.92 Å². The summed E-state index contributed by atoms with van der Waals surface area (Å²) < 4.78 is 5.11. The SMILES string of the molecule is COCC1CCN(C(=O)Cc2ccccc2O)C1. The summed E-state index contributed by atoms with van der Waals surface area (Å²) in [6.45, 7) is 2.26. The molecule has 0 radical (unpaired) electrons. The number of aromatic hydroxyl groups is 1. The zero-order valence-corrected chi connectivity index (χ0v) is 10.6. The number of carbonyl (C=O) groups is 1. The molecule has 1 aliphatic rings. The van der Waals surface area contributed by atoms with Gasteiger partial charge in [-0.15, -0.1) is 0 Å². The number of nitrogens with zero attached hydrogens (tertiary/aromatic N) is 1. The van der Waals surface area contributed by atoms with Crippen LogP contribution < -0.4 is 0 Å². The Bertz CT molecular complexity index is 419. The van der Waals surface area contributed by atoms with Crippen LogP contribution in [0.5, 0.6) is 5.75 Å². The summed E-state index contributed by atoms with van der Waals surface area (Å²) in [5.41, 5.74) is 0.692. The third-order valence-corrected chi connectivity index (χ3v) is 3.37. The molecule has 1 unspecified atom stereocenters. The van der Waals surface area contributed by atoms with Crippen LogP contribution in [0.4, 0.5) is 0 Å². The van der Waals surface area contributed by atoms with Crippen LogP contribution in [0.1, 0.15) is 12.0 Å². The standard InChI is InChI=1S/C14H19NO3/c1-18-10-11-6-7-15(9-11)14(17)8-12-4-2-3-5-13(12)16/h2-5,11,16H,6-10H2,1H3. The number of amides is 1. The van der Waals surface area contributed by atoms with Gasteiger partial charge in [0.25, 0.3) is 0 Å². The maximum absolute atomic E-state index is 12.1. The molecule has 1 atom stereocenters. The Morgan fingerprint density at radius 2 is 2.28 bits per heavy atom. The minimum atomic E-state index is 0.0788. The highest BCUT2D eigenvalue weighted by molar-refractivity contribution is 5.79. The molecule has 2 rings (SSSR count). The molecule has 0 aliphatic carbocycles. The van der Waals surface area contributed by atoms with Crippen molar-refractivity contribution >= 4 is 5.91 Å². The summed E-state index contributed by atoms with van der Waals surface area (Å²) in [6.07, 6.45) is 1.27. The molecule has 1 heterocycles. The van der Waals surface area contributed by atoms with E-state index in [1.807, 2.05) is 11.0 Å². The highest BCUT2D eigenvalue weighted by atomic mass is 16.5. The molecule has 1 N–H and O–H groups in total. The molecule has 1 fully saturated rings. The first-order valence-electron chi connectivity index (χ1n) is 6.24. The van der Waals surface area contributed by atoms with Crippen molar-refractivity contribution in [3.8, 4) is 5.75 Å². The van der Waals surface area contributed by atoms with Gasteiger partial charge in [0.05, 0.1) is 13.0 Å². The quantitative estimate of drug-likeness (QED) is 0.878. The molecule has 18 heavy (non-hydrogen) atoms. The van der Waals surface area contributed by atoms with Crippen molar-refractivity contribution in [2.24, 2.45) is 5.92 Å². The van der Waals surface area contributed by atoms with Crippen LogP contribution in [0.2, 0.25) is 0 Å². The van der Waals surface area contributed by atoms with Gasteiger partial charge in [0.1, 0.15) is 5.75 Å². The Morgan fingerprint density at radius 3 is 3.00 bits per heavy atom. The highest BCUT2D eigenvalue weighted by Crippen LogP contribution is 2.20. The number of ether oxygens (including phenoxy) is 1. The van der Waals surface area contributed by atoms with Crippen LogP contribution in [0.3, 0.4) is 0 Å². The zero-order chi connectivity index (χ0) is 13.0. The van der Waals surface area contributed by atoms with Crippen molar-refractivity contribution in [2.75, 3.05) is 26.8 Å². The number of hydrogen-bond donors (Lipinski definition) is 1. The molecule has 1 aromatic carbocycles. The largest absolute Gasteiger partial charge is 0.508 e. The molecular weight excluding hydrogens is 230 g/mol. The Morgan fingerprint density at radius 1 is 1.50 bits per heavy atom. The van der Waals surface area contributed by atoms with Crippen molar-refractivity contribution in [1.29, 1.82) is 0 Å². The first kappa shape index (κ1) is 12.9. The fourth-order valence-electron chi connectivity index (χ4n) is 2.37. The lowest BCUT2D eigenvalue weighted by molar-refractivity contribution is -0.129. The maximum Gasteiger partial charge on any atom is 0.227 e. The molecule has 1 amide bonds. The van der Waals surface area contributed by atoms with E-state index in [0.29, 0.717) is 18.1 Å². The van der Waals surface area contributed by atoms with Gasteiger partial charge < -0.3 is 14.7 Å². The first-order valence-corrected chi connectivity index (χ1v) is 6.24. The summed E-state index contributed by atoms with van der Waals surface area (Å²) >= 11 is 0. The number of para-hydroxylation sites is 1. The summed E-state index contributed by atoms with van der Waals surface area (Å²) in [7, 11) is 1.69. The fourth-order valence-corrected chi connectivity index (χ4v) is 2.37. The predicted molar refractivity (Wildman–Crippen MR) is 68.4 cm³/mol. The van der Waals surface area contributed by atoms with Gasteiger partial charge in [-0.2, -0.15) is 0 Å². The summed E-state index contributed by atoms with van der Waals surface area (Å²) in [6, 6.07) is 6.99. The van der Waals surface area contributed by atoms with Crippen molar-refractivity contribution in [3.05, 3.63) is 29.8 Å². The van der Waals surface area contributed by atoms with Crippen molar-refractivity contribution in [3.63, 3.8) is 0 Å². The van der Waals surface area contributed by atoms with E-state index in [-0.39, 0.29) is 18.1 Å². The van der Waals surface area contributed by atoms with Crippen LogP contribution in [-0.2, 0) is 16.0 Å². The molecule has 4 heteroatoms. The molecule has 98 valence electrons.